The first kappa shape index (κ1) is 8.86. The minimum Gasteiger partial charge on any atom is -0.390 e. The Kier molecular flexibility index (Phi) is 1.77. The Bertz CT molecular complexity index is 276. The Morgan fingerprint density at radius 2 is 1.57 bits per heavy atom. The molecule has 0 aromatic rings. The molecule has 78 valence electrons. The van der Waals surface area contributed by atoms with Gasteiger partial charge in [0, 0.05) is 12.3 Å². The molecule has 2 bridgehead atoms. The Hall–Kier alpha value is -0.410. The number of carbonyl (C=O) groups excluding carboxylic acids is 1. The van der Waals surface area contributed by atoms with Gasteiger partial charge in [-0.25, -0.2) is 0 Å². The second-order valence-electron chi connectivity index (χ2n) is 5.08. The maximum Gasteiger partial charge on any atom is 0.136 e. The monoisotopic (exact) mass is 196 g/mol. The lowest BCUT2D eigenvalue weighted by Crippen LogP contribution is -2.56. The van der Waals surface area contributed by atoms with Crippen molar-refractivity contribution >= 4 is 5.78 Å². The van der Waals surface area contributed by atoms with E-state index in [0.717, 1.165) is 19.3 Å². The molecule has 4 unspecified atom stereocenters. The van der Waals surface area contributed by atoms with Crippen molar-refractivity contribution in [3.8, 4) is 0 Å². The number of ketones is 1. The Balaban J connectivity index is 1.97. The van der Waals surface area contributed by atoms with Gasteiger partial charge in [0.25, 0.3) is 0 Å². The van der Waals surface area contributed by atoms with E-state index in [2.05, 4.69) is 0 Å². The van der Waals surface area contributed by atoms with E-state index in [9.17, 15) is 15.0 Å². The zero-order chi connectivity index (χ0) is 9.87. The first-order chi connectivity index (χ1) is 6.70. The molecule has 4 aliphatic carbocycles. The number of carbonyl (C=O) groups is 1. The summed E-state index contributed by atoms with van der Waals surface area (Å²) in [6, 6.07) is 0. The van der Waals surface area contributed by atoms with Crippen molar-refractivity contribution in [2.75, 3.05) is 0 Å². The summed E-state index contributed by atoms with van der Waals surface area (Å²) in [6.07, 6.45) is 2.32. The summed E-state index contributed by atoms with van der Waals surface area (Å²) in [5.74, 6) is 1.02. The van der Waals surface area contributed by atoms with Crippen LogP contribution in [0.15, 0.2) is 0 Å². The van der Waals surface area contributed by atoms with Crippen molar-refractivity contribution in [2.24, 2.45) is 23.7 Å². The number of hydrogen-bond donors (Lipinski definition) is 2. The van der Waals surface area contributed by atoms with Crippen molar-refractivity contribution in [3.63, 3.8) is 0 Å². The highest BCUT2D eigenvalue weighted by Gasteiger charge is 2.57. The van der Waals surface area contributed by atoms with E-state index in [1.54, 1.807) is 0 Å². The summed E-state index contributed by atoms with van der Waals surface area (Å²) >= 11 is 0. The Morgan fingerprint density at radius 3 is 2.36 bits per heavy atom. The van der Waals surface area contributed by atoms with Gasteiger partial charge in [-0.2, -0.15) is 0 Å². The van der Waals surface area contributed by atoms with E-state index >= 15 is 0 Å². The van der Waals surface area contributed by atoms with Crippen LogP contribution in [0, 0.1) is 23.7 Å². The van der Waals surface area contributed by atoms with Crippen molar-refractivity contribution < 1.29 is 15.0 Å². The van der Waals surface area contributed by atoms with Crippen LogP contribution in [0.2, 0.25) is 0 Å². The summed E-state index contributed by atoms with van der Waals surface area (Å²) < 4.78 is 0. The van der Waals surface area contributed by atoms with E-state index < -0.39 is 12.2 Å². The summed E-state index contributed by atoms with van der Waals surface area (Å²) in [5, 5.41) is 19.7. The van der Waals surface area contributed by atoms with Gasteiger partial charge in [-0.05, 0) is 37.0 Å². The van der Waals surface area contributed by atoms with Crippen LogP contribution >= 0.6 is 0 Å². The summed E-state index contributed by atoms with van der Waals surface area (Å²) in [4.78, 5) is 11.7. The van der Waals surface area contributed by atoms with Gasteiger partial charge >= 0.3 is 0 Å². The number of aliphatic hydroxyl groups is 2. The molecule has 3 heteroatoms. The van der Waals surface area contributed by atoms with Gasteiger partial charge in [0.05, 0.1) is 12.2 Å². The van der Waals surface area contributed by atoms with Crippen molar-refractivity contribution in [1.82, 2.24) is 0 Å². The predicted molar refractivity (Wildman–Crippen MR) is 49.4 cm³/mol. The first-order valence-electron chi connectivity index (χ1n) is 5.59. The van der Waals surface area contributed by atoms with Crippen molar-refractivity contribution in [1.29, 1.82) is 0 Å². The van der Waals surface area contributed by atoms with E-state index in [4.69, 9.17) is 0 Å². The molecule has 0 heterocycles. The first-order valence-corrected chi connectivity index (χ1v) is 5.59. The summed E-state index contributed by atoms with van der Waals surface area (Å²) in [5.41, 5.74) is 0. The topological polar surface area (TPSA) is 57.5 Å². The Labute approximate surface area is 83.1 Å². The highest BCUT2D eigenvalue weighted by atomic mass is 16.3. The van der Waals surface area contributed by atoms with E-state index in [-0.39, 0.29) is 17.8 Å². The molecule has 4 aliphatic rings. The number of rotatable bonds is 0. The zero-order valence-electron chi connectivity index (χ0n) is 8.10. The predicted octanol–water partition coefficient (Wildman–Crippen LogP) is 0.343. The maximum atomic E-state index is 11.7. The van der Waals surface area contributed by atoms with Gasteiger partial charge in [0.2, 0.25) is 0 Å². The van der Waals surface area contributed by atoms with Gasteiger partial charge in [-0.3, -0.25) is 4.79 Å². The molecule has 0 aromatic heterocycles. The molecular formula is C11H16O3. The lowest BCUT2D eigenvalue weighted by atomic mass is 9.57. The van der Waals surface area contributed by atoms with Gasteiger partial charge in [0.15, 0.2) is 0 Å². The van der Waals surface area contributed by atoms with Crippen LogP contribution in [-0.4, -0.2) is 28.2 Å². The third-order valence-electron chi connectivity index (χ3n) is 4.63. The van der Waals surface area contributed by atoms with Crippen LogP contribution < -0.4 is 0 Å². The number of Topliss-reactive ketones (excluding diaryl/α,β-unsaturated/α-hetero) is 1. The molecule has 4 rings (SSSR count). The lowest BCUT2D eigenvalue weighted by Gasteiger charge is -2.50. The molecule has 3 nitrogen and oxygen atoms in total. The molecule has 0 aromatic carbocycles. The normalized spacial score (nSPS) is 56.3. The molecular weight excluding hydrogens is 180 g/mol. The minimum absolute atomic E-state index is 0.0509. The quantitative estimate of drug-likeness (QED) is 0.587. The maximum absolute atomic E-state index is 11.7. The van der Waals surface area contributed by atoms with Gasteiger partial charge in [-0.1, -0.05) is 0 Å². The zero-order valence-corrected chi connectivity index (χ0v) is 8.10. The molecule has 6 atom stereocenters. The molecule has 4 saturated carbocycles. The van der Waals surface area contributed by atoms with Gasteiger partial charge in [-0.15, -0.1) is 0 Å². The largest absolute Gasteiger partial charge is 0.390 e. The molecule has 4 fully saturated rings. The van der Waals surface area contributed by atoms with Crippen molar-refractivity contribution in [2.45, 2.75) is 37.9 Å². The lowest BCUT2D eigenvalue weighted by molar-refractivity contribution is -0.162. The second kappa shape index (κ2) is 2.80. The van der Waals surface area contributed by atoms with Crippen LogP contribution in [-0.2, 0) is 4.79 Å². The van der Waals surface area contributed by atoms with E-state index in [1.807, 2.05) is 0 Å². The molecule has 14 heavy (non-hydrogen) atoms. The van der Waals surface area contributed by atoms with Crippen LogP contribution in [0.3, 0.4) is 0 Å². The molecule has 0 amide bonds. The van der Waals surface area contributed by atoms with Crippen molar-refractivity contribution in [3.05, 3.63) is 0 Å². The smallest absolute Gasteiger partial charge is 0.136 e. The minimum atomic E-state index is -0.642. The van der Waals surface area contributed by atoms with Crippen LogP contribution in [0.5, 0.6) is 0 Å². The molecule has 0 aliphatic heterocycles. The van der Waals surface area contributed by atoms with Gasteiger partial charge < -0.3 is 10.2 Å². The van der Waals surface area contributed by atoms with Gasteiger partial charge in [0.1, 0.15) is 5.78 Å². The average Bonchev–Trinajstić information content (AvgIpc) is 2.57. The molecule has 0 spiro atoms. The second-order valence-corrected chi connectivity index (χ2v) is 5.08. The molecule has 0 saturated heterocycles. The summed E-state index contributed by atoms with van der Waals surface area (Å²) in [6.45, 7) is 0. The number of aliphatic hydroxyl groups excluding tert-OH is 2. The molecule has 2 N–H and O–H groups in total. The number of fused-ring (bicyclic) bond motifs is 2. The fraction of sp³-hybridized carbons (Fsp3) is 0.909. The average molecular weight is 196 g/mol. The fourth-order valence-electron chi connectivity index (χ4n) is 4.02. The van der Waals surface area contributed by atoms with Crippen LogP contribution in [0.4, 0.5) is 0 Å². The van der Waals surface area contributed by atoms with Crippen LogP contribution in [0.1, 0.15) is 25.7 Å². The van der Waals surface area contributed by atoms with Crippen LogP contribution in [0.25, 0.3) is 0 Å². The van der Waals surface area contributed by atoms with E-state index in [0.29, 0.717) is 18.1 Å². The third-order valence-corrected chi connectivity index (χ3v) is 4.63. The SMILES string of the molecule is O=C1CCC2C1C1CCC2[C@H](O)[C@@H]1O. The summed E-state index contributed by atoms with van der Waals surface area (Å²) in [7, 11) is 0. The Morgan fingerprint density at radius 1 is 0.929 bits per heavy atom. The standard InChI is InChI=1S/C11H16O3/c12-8-4-3-5-6-1-2-7(9(5)8)11(14)10(6)13/h5-7,9-11,13-14H,1-4H2/t5?,6?,7?,9?,10-,11+/m0/s1. The fourth-order valence-corrected chi connectivity index (χ4v) is 4.02. The highest BCUT2D eigenvalue weighted by molar-refractivity contribution is 5.84. The van der Waals surface area contributed by atoms with E-state index in [1.165, 1.54) is 0 Å². The molecule has 0 radical (unpaired) electrons. The number of hydrogen-bond acceptors (Lipinski definition) is 3. The highest BCUT2D eigenvalue weighted by Crippen LogP contribution is 2.54. The third kappa shape index (κ3) is 0.920.